The molecular weight excluding hydrogens is 292 g/mol. The van der Waals surface area contributed by atoms with Crippen LogP contribution in [0.5, 0.6) is 0 Å². The van der Waals surface area contributed by atoms with E-state index in [1.807, 2.05) is 30.3 Å². The van der Waals surface area contributed by atoms with Gasteiger partial charge in [-0.2, -0.15) is 5.10 Å². The van der Waals surface area contributed by atoms with Gasteiger partial charge in [0.05, 0.1) is 5.69 Å². The minimum Gasteiger partial charge on any atom is -0.306 e. The molecule has 0 unspecified atom stereocenters. The lowest BCUT2D eigenvalue weighted by Crippen LogP contribution is -2.08. The highest BCUT2D eigenvalue weighted by atomic mass is 32.1. The molecule has 3 aromatic rings. The molecule has 2 N–H and O–H groups in total. The number of nitrogens with zero attached hydrogens (tertiary/aromatic N) is 4. The van der Waals surface area contributed by atoms with Crippen molar-refractivity contribution in [1.29, 1.82) is 0 Å². The number of hydrogen-bond acceptors (Lipinski definition) is 6. The maximum atomic E-state index is 11.2. The van der Waals surface area contributed by atoms with Crippen LogP contribution in [0.3, 0.4) is 0 Å². The smallest absolute Gasteiger partial charge is 0.222 e. The summed E-state index contributed by atoms with van der Waals surface area (Å²) >= 11 is 5.24. The molecule has 9 heteroatoms. The number of nitrogens with one attached hydrogen (secondary N) is 2. The number of para-hydroxylation sites is 1. The van der Waals surface area contributed by atoms with E-state index in [4.69, 9.17) is 12.2 Å². The van der Waals surface area contributed by atoms with Gasteiger partial charge in [-0.3, -0.25) is 14.5 Å². The van der Waals surface area contributed by atoms with Gasteiger partial charge in [0.15, 0.2) is 16.3 Å². The van der Waals surface area contributed by atoms with Crippen LogP contribution in [-0.4, -0.2) is 31.0 Å². The van der Waals surface area contributed by atoms with E-state index in [0.717, 1.165) is 5.69 Å². The molecular formula is C12H10N6O2S. The van der Waals surface area contributed by atoms with Gasteiger partial charge in [-0.25, -0.2) is 4.63 Å². The molecule has 0 spiro atoms. The Morgan fingerprint density at radius 2 is 2.10 bits per heavy atom. The van der Waals surface area contributed by atoms with Crippen molar-refractivity contribution in [3.8, 4) is 17.2 Å². The third kappa shape index (κ3) is 2.46. The summed E-state index contributed by atoms with van der Waals surface area (Å²) in [7, 11) is 0. The number of benzene rings is 1. The third-order valence-electron chi connectivity index (χ3n) is 2.68. The second-order valence-electron chi connectivity index (χ2n) is 4.17. The van der Waals surface area contributed by atoms with Crippen LogP contribution in [-0.2, 0) is 4.79 Å². The van der Waals surface area contributed by atoms with Crippen molar-refractivity contribution >= 4 is 23.9 Å². The van der Waals surface area contributed by atoms with E-state index in [-0.39, 0.29) is 11.7 Å². The molecule has 2 heterocycles. The normalized spacial score (nSPS) is 10.5. The highest BCUT2D eigenvalue weighted by molar-refractivity contribution is 7.71. The van der Waals surface area contributed by atoms with Gasteiger partial charge < -0.3 is 5.32 Å². The molecule has 0 bridgehead atoms. The molecule has 0 aliphatic rings. The summed E-state index contributed by atoms with van der Waals surface area (Å²) in [5.74, 6) is 0.303. The molecule has 8 nitrogen and oxygen atoms in total. The third-order valence-corrected chi connectivity index (χ3v) is 2.96. The van der Waals surface area contributed by atoms with Crippen molar-refractivity contribution in [3.63, 3.8) is 0 Å². The molecule has 0 saturated carbocycles. The van der Waals surface area contributed by atoms with E-state index in [0.29, 0.717) is 16.3 Å². The summed E-state index contributed by atoms with van der Waals surface area (Å²) < 4.78 is 6.76. The number of hydrogen-bond donors (Lipinski definition) is 2. The first-order valence-corrected chi connectivity index (χ1v) is 6.41. The highest BCUT2D eigenvalue weighted by Gasteiger charge is 2.20. The Bertz CT molecular complexity index is 835. The lowest BCUT2D eigenvalue weighted by atomic mass is 10.3. The van der Waals surface area contributed by atoms with Crippen LogP contribution in [0.1, 0.15) is 6.92 Å². The van der Waals surface area contributed by atoms with Crippen molar-refractivity contribution in [1.82, 2.24) is 25.1 Å². The predicted molar refractivity (Wildman–Crippen MR) is 76.3 cm³/mol. The Hall–Kier alpha value is -2.81. The lowest BCUT2D eigenvalue weighted by molar-refractivity contribution is -0.114. The highest BCUT2D eigenvalue weighted by Crippen LogP contribution is 2.25. The quantitative estimate of drug-likeness (QED) is 0.717. The molecule has 0 radical (unpaired) electrons. The van der Waals surface area contributed by atoms with Gasteiger partial charge in [-0.1, -0.05) is 18.2 Å². The molecule has 0 aliphatic heterocycles. The molecule has 1 aromatic carbocycles. The summed E-state index contributed by atoms with van der Waals surface area (Å²) in [6, 6.07) is 9.40. The Morgan fingerprint density at radius 1 is 1.33 bits per heavy atom. The van der Waals surface area contributed by atoms with Gasteiger partial charge >= 0.3 is 0 Å². The van der Waals surface area contributed by atoms with Gasteiger partial charge in [0, 0.05) is 6.92 Å². The average molecular weight is 302 g/mol. The maximum absolute atomic E-state index is 11.2. The van der Waals surface area contributed by atoms with Crippen LogP contribution in [0.15, 0.2) is 35.0 Å². The first-order valence-electron chi connectivity index (χ1n) is 6.00. The maximum Gasteiger partial charge on any atom is 0.222 e. The van der Waals surface area contributed by atoms with E-state index in [1.165, 1.54) is 6.92 Å². The van der Waals surface area contributed by atoms with Gasteiger partial charge in [0.1, 0.15) is 0 Å². The molecule has 0 atom stereocenters. The molecule has 3 rings (SSSR count). The lowest BCUT2D eigenvalue weighted by Gasteiger charge is -2.05. The Labute approximate surface area is 123 Å². The Morgan fingerprint density at radius 3 is 2.81 bits per heavy atom. The number of rotatable bonds is 3. The van der Waals surface area contributed by atoms with Crippen LogP contribution in [0.2, 0.25) is 0 Å². The molecule has 2 aromatic heterocycles. The van der Waals surface area contributed by atoms with Crippen LogP contribution in [0, 0.1) is 4.77 Å². The number of anilines is 1. The van der Waals surface area contributed by atoms with Gasteiger partial charge in [-0.15, -0.1) is 0 Å². The minimum atomic E-state index is -0.285. The number of aromatic nitrogens is 5. The van der Waals surface area contributed by atoms with Gasteiger partial charge in [0.2, 0.25) is 11.7 Å². The molecule has 0 fully saturated rings. The summed E-state index contributed by atoms with van der Waals surface area (Å²) in [5.41, 5.74) is 1.10. The van der Waals surface area contributed by atoms with Crippen LogP contribution < -0.4 is 5.32 Å². The minimum absolute atomic E-state index is 0.189. The molecule has 21 heavy (non-hydrogen) atoms. The fraction of sp³-hybridized carbons (Fsp3) is 0.0833. The fourth-order valence-corrected chi connectivity index (χ4v) is 2.09. The van der Waals surface area contributed by atoms with Crippen molar-refractivity contribution in [2.75, 3.05) is 5.32 Å². The standard InChI is InChI=1S/C12H10N6O2S/c1-7(19)13-10-9(16-20-17-10)11-14-15-12(21)18(11)8-5-3-2-4-6-8/h2-6H,1H3,(H,15,21)(H,13,17,19). The first-order chi connectivity index (χ1) is 10.2. The zero-order chi connectivity index (χ0) is 14.8. The van der Waals surface area contributed by atoms with Crippen molar-refractivity contribution < 1.29 is 9.42 Å². The number of amides is 1. The molecule has 0 saturated heterocycles. The Balaban J connectivity index is 2.15. The van der Waals surface area contributed by atoms with Crippen molar-refractivity contribution in [3.05, 3.63) is 35.1 Å². The van der Waals surface area contributed by atoms with Crippen LogP contribution in [0.25, 0.3) is 17.2 Å². The topological polar surface area (TPSA) is 102 Å². The largest absolute Gasteiger partial charge is 0.306 e. The number of carbonyl (C=O) groups is 1. The second-order valence-corrected chi connectivity index (χ2v) is 4.55. The molecule has 1 amide bonds. The summed E-state index contributed by atoms with van der Waals surface area (Å²) in [6.45, 7) is 1.37. The van der Waals surface area contributed by atoms with Gasteiger partial charge in [-0.05, 0) is 34.7 Å². The second kappa shape index (κ2) is 5.29. The molecule has 106 valence electrons. The molecule has 0 aliphatic carbocycles. The van der Waals surface area contributed by atoms with Crippen molar-refractivity contribution in [2.45, 2.75) is 6.92 Å². The summed E-state index contributed by atoms with van der Waals surface area (Å²) in [6.07, 6.45) is 0. The average Bonchev–Trinajstić information content (AvgIpc) is 3.05. The van der Waals surface area contributed by atoms with E-state index in [9.17, 15) is 4.79 Å². The number of carbonyl (C=O) groups excluding carboxylic acids is 1. The SMILES string of the molecule is CC(=O)Nc1nonc1-c1n[nH]c(=S)n1-c1ccccc1. The summed E-state index contributed by atoms with van der Waals surface area (Å²) in [5, 5.41) is 16.8. The van der Waals surface area contributed by atoms with E-state index in [2.05, 4.69) is 30.5 Å². The summed E-state index contributed by atoms with van der Waals surface area (Å²) in [4.78, 5) is 11.2. The van der Waals surface area contributed by atoms with Crippen LogP contribution in [0.4, 0.5) is 5.82 Å². The number of H-pyrrole nitrogens is 1. The van der Waals surface area contributed by atoms with E-state index in [1.54, 1.807) is 4.57 Å². The fourth-order valence-electron chi connectivity index (χ4n) is 1.86. The van der Waals surface area contributed by atoms with E-state index >= 15 is 0 Å². The zero-order valence-electron chi connectivity index (χ0n) is 10.9. The first kappa shape index (κ1) is 13.2. The van der Waals surface area contributed by atoms with Crippen LogP contribution >= 0.6 is 12.2 Å². The van der Waals surface area contributed by atoms with E-state index < -0.39 is 0 Å². The monoisotopic (exact) mass is 302 g/mol. The van der Waals surface area contributed by atoms with Crippen molar-refractivity contribution in [2.24, 2.45) is 0 Å². The number of aromatic amines is 1. The Kier molecular flexibility index (Phi) is 3.32. The predicted octanol–water partition coefficient (Wildman–Crippen LogP) is 1.94. The van der Waals surface area contributed by atoms with Gasteiger partial charge in [0.25, 0.3) is 0 Å². The zero-order valence-corrected chi connectivity index (χ0v) is 11.7.